The molecule has 0 atom stereocenters. The van der Waals surface area contributed by atoms with E-state index in [4.69, 9.17) is 9.98 Å². The molecule has 0 aliphatic heterocycles. The van der Waals surface area contributed by atoms with Crippen LogP contribution in [-0.2, 0) is 42.2 Å². The fourth-order valence-corrected chi connectivity index (χ4v) is 8.07. The molecule has 0 radical (unpaired) electrons. The van der Waals surface area contributed by atoms with Crippen LogP contribution >= 0.6 is 0 Å². The molecule has 0 spiro atoms. The van der Waals surface area contributed by atoms with Gasteiger partial charge in [0.2, 0.25) is 0 Å². The fourth-order valence-electron chi connectivity index (χ4n) is 8.07. The van der Waals surface area contributed by atoms with E-state index >= 15 is 0 Å². The van der Waals surface area contributed by atoms with E-state index in [9.17, 15) is 0 Å². The molecular weight excluding hydrogens is 759 g/mol. The zero-order valence-electron chi connectivity index (χ0n) is 39.5. The molecule has 0 bridgehead atoms. The predicted octanol–water partition coefficient (Wildman–Crippen LogP) is 18.5. The minimum absolute atomic E-state index is 0. The maximum absolute atomic E-state index is 5.18. The second-order valence-corrected chi connectivity index (χ2v) is 17.7. The number of hydrogen-bond acceptors (Lipinski definition) is 2. The van der Waals surface area contributed by atoms with Gasteiger partial charge in [0.1, 0.15) is 5.71 Å². The first-order chi connectivity index (χ1) is 28.6. The summed E-state index contributed by atoms with van der Waals surface area (Å²) in [4.78, 5) is 10.2. The van der Waals surface area contributed by atoms with Gasteiger partial charge in [0, 0.05) is 22.9 Å². The maximum atomic E-state index is 5.18. The SMILES string of the molecule is CCCCCCCCCCCCCCCCCCCCCCCCC#CC(/C=N/c1cc(CCCC)cc(CCCC)c1)=N\c1cc(CCCC)cc(CCCC)c1.[Ni]. The summed E-state index contributed by atoms with van der Waals surface area (Å²) >= 11 is 0. The van der Waals surface area contributed by atoms with Crippen LogP contribution in [-0.4, -0.2) is 11.9 Å². The van der Waals surface area contributed by atoms with Gasteiger partial charge in [0.05, 0.1) is 17.6 Å². The average Bonchev–Trinajstić information content (AvgIpc) is 3.23. The van der Waals surface area contributed by atoms with Crippen LogP contribution in [0.2, 0.25) is 0 Å². The summed E-state index contributed by atoms with van der Waals surface area (Å²) in [5.41, 5.74) is 8.45. The van der Waals surface area contributed by atoms with Crippen LogP contribution in [0.1, 0.15) is 256 Å². The number of hydrogen-bond donors (Lipinski definition) is 0. The standard InChI is InChI=1S/C56H92N2.Ni/c1-6-11-16-17-18-19-20-21-22-23-24-25-26-27-28-29-30-31-32-33-34-35-36-37-42-54(58-56-47-52(40-14-9-4)44-53(48-56)41-15-10-5)49-57-55-45-50(38-12-7-2)43-51(46-55)39-13-8-3;/h43-49H,6-36,38-41H2,1-5H3;/b57-49+,58-54+;. The van der Waals surface area contributed by atoms with Crippen molar-refractivity contribution < 1.29 is 16.5 Å². The minimum Gasteiger partial charge on any atom is -0.254 e. The summed E-state index contributed by atoms with van der Waals surface area (Å²) in [6, 6.07) is 13.9. The molecule has 336 valence electrons. The van der Waals surface area contributed by atoms with Crippen molar-refractivity contribution in [3.05, 3.63) is 58.7 Å². The van der Waals surface area contributed by atoms with E-state index in [1.807, 2.05) is 6.21 Å². The van der Waals surface area contributed by atoms with Gasteiger partial charge in [0.25, 0.3) is 0 Å². The minimum atomic E-state index is 0. The monoisotopic (exact) mass is 851 g/mol. The molecule has 0 heterocycles. The van der Waals surface area contributed by atoms with Crippen molar-refractivity contribution in [1.29, 1.82) is 0 Å². The number of aryl methyl sites for hydroxylation is 4. The topological polar surface area (TPSA) is 24.7 Å². The zero-order chi connectivity index (χ0) is 41.6. The van der Waals surface area contributed by atoms with Crippen molar-refractivity contribution in [3.8, 4) is 11.8 Å². The van der Waals surface area contributed by atoms with Crippen molar-refractivity contribution in [3.63, 3.8) is 0 Å². The van der Waals surface area contributed by atoms with E-state index in [1.165, 1.54) is 215 Å². The van der Waals surface area contributed by atoms with Gasteiger partial charge in [-0.25, -0.2) is 4.99 Å². The largest absolute Gasteiger partial charge is 0.254 e. The fraction of sp³-hybridized carbons (Fsp3) is 0.714. The molecule has 0 amide bonds. The number of nitrogens with zero attached hydrogens (tertiary/aromatic N) is 2. The third-order valence-corrected chi connectivity index (χ3v) is 11.8. The molecule has 0 fully saturated rings. The summed E-state index contributed by atoms with van der Waals surface area (Å²) in [7, 11) is 0. The summed E-state index contributed by atoms with van der Waals surface area (Å²) in [5, 5.41) is 0. The Morgan fingerprint density at radius 3 is 1.03 bits per heavy atom. The van der Waals surface area contributed by atoms with Gasteiger partial charge in [0.15, 0.2) is 0 Å². The molecular formula is C56H92N2Ni. The van der Waals surface area contributed by atoms with Gasteiger partial charge in [-0.2, -0.15) is 0 Å². The Labute approximate surface area is 377 Å². The zero-order valence-corrected chi connectivity index (χ0v) is 40.5. The van der Waals surface area contributed by atoms with Gasteiger partial charge >= 0.3 is 0 Å². The molecule has 2 nitrogen and oxygen atoms in total. The summed E-state index contributed by atoms with van der Waals surface area (Å²) in [6.07, 6.45) is 48.2. The maximum Gasteiger partial charge on any atom is 0.132 e. The van der Waals surface area contributed by atoms with E-state index in [2.05, 4.69) is 82.9 Å². The molecule has 0 aliphatic rings. The summed E-state index contributed by atoms with van der Waals surface area (Å²) < 4.78 is 0. The Kier molecular flexibility index (Phi) is 37.1. The number of aliphatic imine (C=N–C) groups is 2. The van der Waals surface area contributed by atoms with Gasteiger partial charge in [-0.3, -0.25) is 4.99 Å². The molecule has 0 unspecified atom stereocenters. The van der Waals surface area contributed by atoms with Crippen molar-refractivity contribution in [1.82, 2.24) is 0 Å². The Hall–Kier alpha value is -2.17. The van der Waals surface area contributed by atoms with Crippen molar-refractivity contribution in [2.45, 2.75) is 259 Å². The first kappa shape index (κ1) is 54.9. The van der Waals surface area contributed by atoms with Crippen LogP contribution in [0.3, 0.4) is 0 Å². The summed E-state index contributed by atoms with van der Waals surface area (Å²) in [6.45, 7) is 11.4. The van der Waals surface area contributed by atoms with E-state index in [1.54, 1.807) is 0 Å². The third-order valence-electron chi connectivity index (χ3n) is 11.8. The first-order valence-corrected chi connectivity index (χ1v) is 25.5. The van der Waals surface area contributed by atoms with Crippen molar-refractivity contribution >= 4 is 23.3 Å². The van der Waals surface area contributed by atoms with Crippen LogP contribution in [0.25, 0.3) is 0 Å². The van der Waals surface area contributed by atoms with Crippen LogP contribution in [0.5, 0.6) is 0 Å². The normalized spacial score (nSPS) is 11.6. The second kappa shape index (κ2) is 39.9. The molecule has 2 aromatic rings. The molecule has 3 heteroatoms. The van der Waals surface area contributed by atoms with Gasteiger partial charge in [-0.05, 0) is 110 Å². The Balaban J connectivity index is 0.0000174. The smallest absolute Gasteiger partial charge is 0.132 e. The molecule has 0 aliphatic carbocycles. The Morgan fingerprint density at radius 2 is 0.695 bits per heavy atom. The second-order valence-electron chi connectivity index (χ2n) is 17.7. The van der Waals surface area contributed by atoms with Crippen molar-refractivity contribution in [2.24, 2.45) is 9.98 Å². The molecule has 0 saturated carbocycles. The molecule has 0 N–H and O–H groups in total. The molecule has 0 aromatic heterocycles. The number of rotatable bonds is 37. The van der Waals surface area contributed by atoms with E-state index in [-0.39, 0.29) is 16.5 Å². The van der Waals surface area contributed by atoms with E-state index in [0.717, 1.165) is 49.2 Å². The number of benzene rings is 2. The van der Waals surface area contributed by atoms with Crippen LogP contribution in [0, 0.1) is 11.8 Å². The van der Waals surface area contributed by atoms with Crippen LogP contribution < -0.4 is 0 Å². The third kappa shape index (κ3) is 30.5. The Bertz CT molecular complexity index is 1340. The molecule has 2 rings (SSSR count). The molecule has 2 aromatic carbocycles. The Morgan fingerprint density at radius 1 is 0.390 bits per heavy atom. The van der Waals surface area contributed by atoms with E-state index < -0.39 is 0 Å². The quantitative estimate of drug-likeness (QED) is 0.0280. The molecule has 0 saturated heterocycles. The van der Waals surface area contributed by atoms with Gasteiger partial charge < -0.3 is 0 Å². The van der Waals surface area contributed by atoms with Crippen LogP contribution in [0.15, 0.2) is 46.4 Å². The number of unbranched alkanes of at least 4 members (excludes halogenated alkanes) is 26. The van der Waals surface area contributed by atoms with Gasteiger partial charge in [-0.15, -0.1) is 0 Å². The first-order valence-electron chi connectivity index (χ1n) is 25.5. The van der Waals surface area contributed by atoms with Crippen molar-refractivity contribution in [2.75, 3.05) is 0 Å². The predicted molar refractivity (Wildman–Crippen MR) is 262 cm³/mol. The van der Waals surface area contributed by atoms with Gasteiger partial charge in [-0.1, -0.05) is 213 Å². The summed E-state index contributed by atoms with van der Waals surface area (Å²) in [5.74, 6) is 6.98. The molecule has 59 heavy (non-hydrogen) atoms. The average molecular weight is 852 g/mol. The van der Waals surface area contributed by atoms with Crippen LogP contribution in [0.4, 0.5) is 11.4 Å². The van der Waals surface area contributed by atoms with E-state index in [0.29, 0.717) is 0 Å².